The second-order valence-corrected chi connectivity index (χ2v) is 19.3. The van der Waals surface area contributed by atoms with Crippen LogP contribution in [0.25, 0.3) is 0 Å². The van der Waals surface area contributed by atoms with Crippen molar-refractivity contribution in [3.8, 4) is 0 Å². The fraction of sp³-hybridized carbons (Fsp3) is 0.804. The number of nitrogens with one attached hydrogen (secondary N) is 1. The number of allylic oxidation sites excluding steroid dienone is 9. The number of hydrogen-bond donors (Lipinski definition) is 9. The summed E-state index contributed by atoms with van der Waals surface area (Å²) in [6.45, 7) is 2.71. The topological polar surface area (TPSA) is 228 Å². The summed E-state index contributed by atoms with van der Waals surface area (Å²) in [5.41, 5.74) is 0. The highest BCUT2D eigenvalue weighted by Gasteiger charge is 2.51. The Morgan fingerprint density at radius 1 is 0.514 bits per heavy atom. The molecule has 9 N–H and O–H groups in total. The lowest BCUT2D eigenvalue weighted by atomic mass is 9.97. The molecule has 2 saturated heterocycles. The summed E-state index contributed by atoms with van der Waals surface area (Å²) >= 11 is 0. The molecule has 0 aromatic carbocycles. The van der Waals surface area contributed by atoms with Crippen molar-refractivity contribution >= 4 is 5.91 Å². The van der Waals surface area contributed by atoms with Gasteiger partial charge in [0.15, 0.2) is 12.6 Å². The minimum atomic E-state index is -1.79. The van der Waals surface area contributed by atoms with E-state index in [4.69, 9.17) is 18.9 Å². The molecule has 2 heterocycles. The van der Waals surface area contributed by atoms with Crippen LogP contribution < -0.4 is 5.32 Å². The number of hydrogen-bond acceptors (Lipinski definition) is 13. The minimum Gasteiger partial charge on any atom is -0.394 e. The van der Waals surface area contributed by atoms with Crippen LogP contribution in [0.15, 0.2) is 60.8 Å². The van der Waals surface area contributed by atoms with Gasteiger partial charge in [-0.1, -0.05) is 171 Å². The molecule has 0 saturated carbocycles. The normalized spacial score (nSPS) is 26.4. The summed E-state index contributed by atoms with van der Waals surface area (Å²) in [5, 5.41) is 86.8. The third-order valence-corrected chi connectivity index (χ3v) is 13.2. The first-order valence-electron chi connectivity index (χ1n) is 27.5. The molecule has 70 heavy (non-hydrogen) atoms. The lowest BCUT2D eigenvalue weighted by Crippen LogP contribution is -2.65. The largest absolute Gasteiger partial charge is 0.394 e. The van der Waals surface area contributed by atoms with E-state index in [1.807, 2.05) is 6.08 Å². The standard InChI is InChI=1S/C56H99NO13/c1-3-5-7-9-11-13-15-17-18-19-20-21-22-23-24-25-26-28-30-32-34-36-38-40-48(61)57-44(45(60)39-37-35-33-31-29-27-16-14-12-10-8-6-4-2)43-67-55-53(66)51(64)54(47(42-59)69-55)70-56-52(65)50(63)49(62)46(41-58)68-56/h12,14-15,17,19-20,29,31,37,39,44-47,49-56,58-60,62-66H,3-11,13,16,18,21-28,30,32-36,38,40-43H2,1-2H3,(H,57,61)/b14-12+,17-15-,20-19-,31-29+,39-37+. The van der Waals surface area contributed by atoms with Crippen LogP contribution in [-0.2, 0) is 23.7 Å². The predicted octanol–water partition coefficient (Wildman–Crippen LogP) is 8.22. The molecule has 0 radical (unpaired) electrons. The van der Waals surface area contributed by atoms with Gasteiger partial charge in [-0.3, -0.25) is 4.79 Å². The van der Waals surface area contributed by atoms with Crippen molar-refractivity contribution in [3.05, 3.63) is 60.8 Å². The van der Waals surface area contributed by atoms with Crippen LogP contribution >= 0.6 is 0 Å². The highest BCUT2D eigenvalue weighted by molar-refractivity contribution is 5.76. The monoisotopic (exact) mass is 994 g/mol. The Morgan fingerprint density at radius 2 is 0.957 bits per heavy atom. The van der Waals surface area contributed by atoms with Gasteiger partial charge in [-0.15, -0.1) is 0 Å². The SMILES string of the molecule is CCCCC/C=C/CC/C=C/CC/C=C/C(O)C(COC1OC(CO)C(OC2OC(CO)C(O)C(O)C2O)C(O)C1O)NC(=O)CCCCCCCCCCCCC/C=C\C/C=C\CCCCCCC. The Bertz CT molecular complexity index is 1410. The Balaban J connectivity index is 1.79. The first kappa shape index (κ1) is 63.8. The van der Waals surface area contributed by atoms with Gasteiger partial charge in [-0.05, 0) is 77.0 Å². The first-order chi connectivity index (χ1) is 34.1. The summed E-state index contributed by atoms with van der Waals surface area (Å²) in [4.78, 5) is 13.2. The number of rotatable bonds is 42. The maximum Gasteiger partial charge on any atom is 0.220 e. The van der Waals surface area contributed by atoms with Crippen molar-refractivity contribution < 1.29 is 64.6 Å². The van der Waals surface area contributed by atoms with Gasteiger partial charge in [0.1, 0.15) is 48.8 Å². The number of unbranched alkanes of at least 4 members (excludes halogenated alkanes) is 21. The van der Waals surface area contributed by atoms with Crippen molar-refractivity contribution in [2.45, 2.75) is 267 Å². The van der Waals surface area contributed by atoms with E-state index in [-0.39, 0.29) is 18.9 Å². The Kier molecular flexibility index (Phi) is 38.4. The smallest absolute Gasteiger partial charge is 0.220 e. The maximum absolute atomic E-state index is 13.2. The highest BCUT2D eigenvalue weighted by Crippen LogP contribution is 2.30. The van der Waals surface area contributed by atoms with Crippen LogP contribution in [0.3, 0.4) is 0 Å². The lowest BCUT2D eigenvalue weighted by Gasteiger charge is -2.46. The number of carbonyl (C=O) groups excluding carboxylic acids is 1. The van der Waals surface area contributed by atoms with E-state index in [1.54, 1.807) is 6.08 Å². The second kappa shape index (κ2) is 42.1. The average Bonchev–Trinajstić information content (AvgIpc) is 3.36. The number of aliphatic hydroxyl groups is 8. The summed E-state index contributed by atoms with van der Waals surface area (Å²) in [7, 11) is 0. The van der Waals surface area contributed by atoms with Crippen molar-refractivity contribution in [2.75, 3.05) is 19.8 Å². The third-order valence-electron chi connectivity index (χ3n) is 13.2. The van der Waals surface area contributed by atoms with Crippen LogP contribution in [0.2, 0.25) is 0 Å². The Hall–Kier alpha value is -2.31. The van der Waals surface area contributed by atoms with Crippen LogP contribution in [0.5, 0.6) is 0 Å². The highest BCUT2D eigenvalue weighted by atomic mass is 16.7. The van der Waals surface area contributed by atoms with Gasteiger partial charge in [0.2, 0.25) is 5.91 Å². The van der Waals surface area contributed by atoms with E-state index in [2.05, 4.69) is 67.8 Å². The Labute approximate surface area is 422 Å². The Morgan fingerprint density at radius 3 is 1.51 bits per heavy atom. The molecule has 12 unspecified atom stereocenters. The van der Waals surface area contributed by atoms with E-state index >= 15 is 0 Å². The van der Waals surface area contributed by atoms with Crippen LogP contribution in [0.1, 0.15) is 194 Å². The van der Waals surface area contributed by atoms with Gasteiger partial charge >= 0.3 is 0 Å². The van der Waals surface area contributed by atoms with Crippen LogP contribution in [0.4, 0.5) is 0 Å². The molecular formula is C56H99NO13. The molecular weight excluding hydrogens is 895 g/mol. The van der Waals surface area contributed by atoms with Crippen LogP contribution in [0, 0.1) is 0 Å². The summed E-state index contributed by atoms with van der Waals surface area (Å²) in [6.07, 6.45) is 35.5. The van der Waals surface area contributed by atoms with Crippen LogP contribution in [-0.4, -0.2) is 140 Å². The molecule has 2 aliphatic heterocycles. The van der Waals surface area contributed by atoms with Gasteiger partial charge < -0.3 is 65.1 Å². The van der Waals surface area contributed by atoms with Crippen molar-refractivity contribution in [1.82, 2.24) is 5.32 Å². The molecule has 0 spiro atoms. The molecule has 1 amide bonds. The molecule has 0 aromatic rings. The van der Waals surface area contributed by atoms with Crippen molar-refractivity contribution in [3.63, 3.8) is 0 Å². The van der Waals surface area contributed by atoms with Crippen molar-refractivity contribution in [1.29, 1.82) is 0 Å². The minimum absolute atomic E-state index is 0.259. The maximum atomic E-state index is 13.2. The van der Waals surface area contributed by atoms with E-state index in [1.165, 1.54) is 109 Å². The van der Waals surface area contributed by atoms with Gasteiger partial charge in [-0.2, -0.15) is 0 Å². The molecule has 12 atom stereocenters. The first-order valence-corrected chi connectivity index (χ1v) is 27.5. The number of amides is 1. The zero-order chi connectivity index (χ0) is 51.0. The second-order valence-electron chi connectivity index (χ2n) is 19.3. The van der Waals surface area contributed by atoms with E-state index in [0.717, 1.165) is 51.4 Å². The van der Waals surface area contributed by atoms with Gasteiger partial charge in [0.25, 0.3) is 0 Å². The fourth-order valence-corrected chi connectivity index (χ4v) is 8.65. The molecule has 0 bridgehead atoms. The van der Waals surface area contributed by atoms with Gasteiger partial charge in [0.05, 0.1) is 32.0 Å². The summed E-state index contributed by atoms with van der Waals surface area (Å²) < 4.78 is 22.7. The van der Waals surface area contributed by atoms with Gasteiger partial charge in [-0.25, -0.2) is 0 Å². The molecule has 2 fully saturated rings. The molecule has 14 nitrogen and oxygen atoms in total. The molecule has 0 aromatic heterocycles. The number of carbonyl (C=O) groups is 1. The molecule has 2 rings (SSSR count). The molecule has 2 aliphatic rings. The fourth-order valence-electron chi connectivity index (χ4n) is 8.65. The average molecular weight is 994 g/mol. The summed E-state index contributed by atoms with van der Waals surface area (Å²) in [5.74, 6) is -0.259. The zero-order valence-corrected chi connectivity index (χ0v) is 43.2. The molecule has 406 valence electrons. The lowest BCUT2D eigenvalue weighted by molar-refractivity contribution is -0.359. The molecule has 14 heteroatoms. The van der Waals surface area contributed by atoms with E-state index < -0.39 is 86.8 Å². The quantitative estimate of drug-likeness (QED) is 0.0208. The zero-order valence-electron chi connectivity index (χ0n) is 43.2. The third kappa shape index (κ3) is 28.2. The molecule has 0 aliphatic carbocycles. The van der Waals surface area contributed by atoms with E-state index in [0.29, 0.717) is 12.8 Å². The predicted molar refractivity (Wildman–Crippen MR) is 277 cm³/mol. The number of aliphatic hydroxyl groups excluding tert-OH is 8. The summed E-state index contributed by atoms with van der Waals surface area (Å²) in [6, 6.07) is -0.939. The number of ether oxygens (including phenoxy) is 4. The van der Waals surface area contributed by atoms with E-state index in [9.17, 15) is 45.6 Å². The van der Waals surface area contributed by atoms with Gasteiger partial charge in [0, 0.05) is 6.42 Å². The van der Waals surface area contributed by atoms with Crippen molar-refractivity contribution in [2.24, 2.45) is 0 Å².